The van der Waals surface area contributed by atoms with Gasteiger partial charge in [-0.3, -0.25) is 0 Å². The van der Waals surface area contributed by atoms with Crippen LogP contribution in [0.1, 0.15) is 11.1 Å². The Morgan fingerprint density at radius 2 is 0.967 bits per heavy atom. The van der Waals surface area contributed by atoms with Gasteiger partial charge in [-0.1, -0.05) is 36.4 Å². The van der Waals surface area contributed by atoms with Crippen molar-refractivity contribution in [2.24, 2.45) is 0 Å². The summed E-state index contributed by atoms with van der Waals surface area (Å²) in [6.45, 7) is 0. The molecule has 0 saturated carbocycles. The number of hydrogen-bond acceptors (Lipinski definition) is 4. The summed E-state index contributed by atoms with van der Waals surface area (Å²) >= 11 is 0. The van der Waals surface area contributed by atoms with Gasteiger partial charge in [-0.15, -0.1) is 0 Å². The Labute approximate surface area is 173 Å². The average molecular weight is 388 g/mol. The Morgan fingerprint density at radius 1 is 0.567 bits per heavy atom. The molecule has 0 saturated heterocycles. The van der Waals surface area contributed by atoms with E-state index in [1.165, 1.54) is 0 Å². The van der Waals surface area contributed by atoms with E-state index < -0.39 is 0 Å². The smallest absolute Gasteiger partial charge is 0.119 e. The molecule has 0 bridgehead atoms. The van der Waals surface area contributed by atoms with Gasteiger partial charge in [0.15, 0.2) is 0 Å². The van der Waals surface area contributed by atoms with E-state index in [2.05, 4.69) is 12.1 Å². The fraction of sp³-hybridized carbons (Fsp3) is 0.0769. The lowest BCUT2D eigenvalue weighted by Gasteiger charge is -2.15. The third-order valence-electron chi connectivity index (χ3n) is 5.72. The van der Waals surface area contributed by atoms with Crippen molar-refractivity contribution in [2.75, 3.05) is 14.2 Å². The highest BCUT2D eigenvalue weighted by molar-refractivity contribution is 6.29. The van der Waals surface area contributed by atoms with E-state index in [4.69, 9.17) is 9.47 Å². The largest absolute Gasteiger partial charge is 0.497 e. The normalized spacial score (nSPS) is 10.9. The fourth-order valence-electron chi connectivity index (χ4n) is 4.33. The molecule has 142 valence electrons. The van der Waals surface area contributed by atoms with Crippen molar-refractivity contribution in [3.05, 3.63) is 71.8 Å². The van der Waals surface area contributed by atoms with Gasteiger partial charge < -0.3 is 9.47 Å². The standard InChI is InChI=1S/C26H16N2O2/c1-29-17-5-9-19-15(11-17)3-7-21-23(13-27)24(14-28)22-8-4-16-12-18(30-2)6-10-20(16)26(22)25(19)21/h3-12H,1-2H3. The van der Waals surface area contributed by atoms with Gasteiger partial charge in [0.05, 0.1) is 25.3 Å². The molecule has 0 aliphatic rings. The van der Waals surface area contributed by atoms with Crippen LogP contribution in [0.5, 0.6) is 11.5 Å². The van der Waals surface area contributed by atoms with Crippen LogP contribution in [0.15, 0.2) is 60.7 Å². The summed E-state index contributed by atoms with van der Waals surface area (Å²) in [7, 11) is 3.29. The lowest BCUT2D eigenvalue weighted by atomic mass is 9.87. The zero-order valence-corrected chi connectivity index (χ0v) is 16.5. The SMILES string of the molecule is COc1ccc2c(ccc3c(C#N)c(C#N)c4ccc5cc(OC)ccc5c4c32)c1. The van der Waals surface area contributed by atoms with Gasteiger partial charge in [0.1, 0.15) is 23.6 Å². The van der Waals surface area contributed by atoms with Crippen molar-refractivity contribution >= 4 is 43.1 Å². The van der Waals surface area contributed by atoms with Crippen LogP contribution >= 0.6 is 0 Å². The molecule has 0 unspecified atom stereocenters. The number of hydrogen-bond donors (Lipinski definition) is 0. The molecule has 5 rings (SSSR count). The minimum Gasteiger partial charge on any atom is -0.497 e. The van der Waals surface area contributed by atoms with Crippen LogP contribution in [0, 0.1) is 22.7 Å². The van der Waals surface area contributed by atoms with E-state index in [9.17, 15) is 10.5 Å². The number of fused-ring (bicyclic) bond motifs is 7. The molecule has 5 aromatic carbocycles. The number of nitriles is 2. The minimum atomic E-state index is 0.408. The molecule has 0 aromatic heterocycles. The first kappa shape index (κ1) is 17.8. The maximum Gasteiger partial charge on any atom is 0.119 e. The molecule has 0 radical (unpaired) electrons. The van der Waals surface area contributed by atoms with E-state index >= 15 is 0 Å². The molecule has 0 amide bonds. The Bertz CT molecular complexity index is 1470. The third-order valence-corrected chi connectivity index (χ3v) is 5.72. The maximum atomic E-state index is 9.91. The second-order valence-electron chi connectivity index (χ2n) is 7.12. The molecule has 0 spiro atoms. The Hall–Kier alpha value is -4.28. The summed E-state index contributed by atoms with van der Waals surface area (Å²) in [5.41, 5.74) is 0.816. The minimum absolute atomic E-state index is 0.408. The van der Waals surface area contributed by atoms with E-state index in [1.807, 2.05) is 60.7 Å². The van der Waals surface area contributed by atoms with Gasteiger partial charge in [-0.05, 0) is 56.6 Å². The molecule has 0 aliphatic carbocycles. The lowest BCUT2D eigenvalue weighted by molar-refractivity contribution is 0.415. The van der Waals surface area contributed by atoms with Crippen LogP contribution in [0.25, 0.3) is 43.1 Å². The van der Waals surface area contributed by atoms with Crippen molar-refractivity contribution < 1.29 is 9.47 Å². The quantitative estimate of drug-likeness (QED) is 0.345. The Kier molecular flexibility index (Phi) is 3.95. The predicted octanol–water partition coefficient (Wildman–Crippen LogP) is 6.06. The molecule has 30 heavy (non-hydrogen) atoms. The Morgan fingerprint density at radius 3 is 1.33 bits per heavy atom. The molecule has 0 atom stereocenters. The monoisotopic (exact) mass is 388 g/mol. The second kappa shape index (κ2) is 6.65. The van der Waals surface area contributed by atoms with Gasteiger partial charge in [-0.25, -0.2) is 0 Å². The van der Waals surface area contributed by atoms with Gasteiger partial charge in [-0.2, -0.15) is 10.5 Å². The number of methoxy groups -OCH3 is 2. The molecule has 0 heterocycles. The number of ether oxygens (including phenoxy) is 2. The van der Waals surface area contributed by atoms with Crippen LogP contribution in [-0.4, -0.2) is 14.2 Å². The van der Waals surface area contributed by atoms with Gasteiger partial charge in [0.2, 0.25) is 0 Å². The van der Waals surface area contributed by atoms with E-state index in [-0.39, 0.29) is 0 Å². The van der Waals surface area contributed by atoms with Crippen molar-refractivity contribution in [3.8, 4) is 23.6 Å². The summed E-state index contributed by atoms with van der Waals surface area (Å²) in [5, 5.41) is 27.4. The van der Waals surface area contributed by atoms with E-state index in [1.54, 1.807) is 14.2 Å². The number of rotatable bonds is 2. The number of nitrogens with zero attached hydrogens (tertiary/aromatic N) is 2. The maximum absolute atomic E-state index is 9.91. The van der Waals surface area contributed by atoms with E-state index in [0.717, 1.165) is 54.6 Å². The van der Waals surface area contributed by atoms with Gasteiger partial charge in [0.25, 0.3) is 0 Å². The molecule has 0 N–H and O–H groups in total. The first-order chi connectivity index (χ1) is 14.7. The predicted molar refractivity (Wildman–Crippen MR) is 119 cm³/mol. The summed E-state index contributed by atoms with van der Waals surface area (Å²) in [6, 6.07) is 24.2. The Balaban J connectivity index is 2.12. The summed E-state index contributed by atoms with van der Waals surface area (Å²) in [6.07, 6.45) is 0. The molecule has 0 aliphatic heterocycles. The molecule has 4 nitrogen and oxygen atoms in total. The zero-order chi connectivity index (χ0) is 20.8. The molecular weight excluding hydrogens is 372 g/mol. The van der Waals surface area contributed by atoms with Crippen LogP contribution < -0.4 is 9.47 Å². The summed E-state index contributed by atoms with van der Waals surface area (Å²) in [5.74, 6) is 1.55. The average Bonchev–Trinajstić information content (AvgIpc) is 2.81. The second-order valence-corrected chi connectivity index (χ2v) is 7.12. The highest BCUT2D eigenvalue weighted by atomic mass is 16.5. The van der Waals surface area contributed by atoms with Gasteiger partial charge in [0, 0.05) is 10.8 Å². The van der Waals surface area contributed by atoms with Crippen molar-refractivity contribution in [2.45, 2.75) is 0 Å². The zero-order valence-electron chi connectivity index (χ0n) is 16.5. The highest BCUT2D eigenvalue weighted by Crippen LogP contribution is 2.41. The van der Waals surface area contributed by atoms with Crippen molar-refractivity contribution in [1.82, 2.24) is 0 Å². The summed E-state index contributed by atoms with van der Waals surface area (Å²) in [4.78, 5) is 0. The third kappa shape index (κ3) is 2.38. The molecule has 0 fully saturated rings. The molecule has 5 aromatic rings. The number of benzene rings is 5. The first-order valence-electron chi connectivity index (χ1n) is 9.47. The van der Waals surface area contributed by atoms with Crippen molar-refractivity contribution in [3.63, 3.8) is 0 Å². The van der Waals surface area contributed by atoms with Crippen LogP contribution in [0.4, 0.5) is 0 Å². The van der Waals surface area contributed by atoms with Crippen molar-refractivity contribution in [1.29, 1.82) is 10.5 Å². The summed E-state index contributed by atoms with van der Waals surface area (Å²) < 4.78 is 10.8. The molecule has 4 heteroatoms. The van der Waals surface area contributed by atoms with Crippen LogP contribution in [-0.2, 0) is 0 Å². The highest BCUT2D eigenvalue weighted by Gasteiger charge is 2.18. The van der Waals surface area contributed by atoms with Crippen LogP contribution in [0.3, 0.4) is 0 Å². The first-order valence-corrected chi connectivity index (χ1v) is 9.47. The van der Waals surface area contributed by atoms with Gasteiger partial charge >= 0.3 is 0 Å². The lowest BCUT2D eigenvalue weighted by Crippen LogP contribution is -1.93. The fourth-order valence-corrected chi connectivity index (χ4v) is 4.33. The van der Waals surface area contributed by atoms with Crippen LogP contribution in [0.2, 0.25) is 0 Å². The topological polar surface area (TPSA) is 66.0 Å². The van der Waals surface area contributed by atoms with E-state index in [0.29, 0.717) is 11.1 Å². The molecular formula is C26H16N2O2.